The Bertz CT molecular complexity index is 875. The Hall–Kier alpha value is -2.29. The Kier molecular flexibility index (Phi) is 5.59. The first-order chi connectivity index (χ1) is 12.9. The molecule has 0 amide bonds. The Morgan fingerprint density at radius 3 is 1.81 bits per heavy atom. The van der Waals surface area contributed by atoms with Crippen molar-refractivity contribution in [1.82, 2.24) is 0 Å². The molecule has 138 valence electrons. The van der Waals surface area contributed by atoms with Gasteiger partial charge in [-0.15, -0.1) is 0 Å². The van der Waals surface area contributed by atoms with Crippen LogP contribution >= 0.6 is 11.6 Å². The Labute approximate surface area is 168 Å². The first-order valence-corrected chi connectivity index (χ1v) is 11.4. The van der Waals surface area contributed by atoms with Gasteiger partial charge in [-0.05, 0) is 33.1 Å². The zero-order valence-electron chi connectivity index (χ0n) is 16.1. The summed E-state index contributed by atoms with van der Waals surface area (Å²) in [7, 11) is -2.68. The third-order valence-electron chi connectivity index (χ3n) is 4.87. The highest BCUT2D eigenvalue weighted by atomic mass is 35.5. The molecule has 0 bridgehead atoms. The maximum Gasteiger partial charge on any atom is 0.320 e. The van der Waals surface area contributed by atoms with Crippen molar-refractivity contribution in [3.63, 3.8) is 0 Å². The van der Waals surface area contributed by atoms with Crippen LogP contribution in [0.5, 0.6) is 5.75 Å². The predicted octanol–water partition coefficient (Wildman–Crippen LogP) is 5.92. The molecule has 0 atom stereocenters. The van der Waals surface area contributed by atoms with E-state index in [4.69, 9.17) is 16.0 Å². The van der Waals surface area contributed by atoms with Crippen LogP contribution in [0.3, 0.4) is 0 Å². The highest BCUT2D eigenvalue weighted by Crippen LogP contribution is 2.39. The quantitative estimate of drug-likeness (QED) is 0.489. The van der Waals surface area contributed by atoms with E-state index in [0.717, 1.165) is 5.56 Å². The molecule has 0 saturated carbocycles. The van der Waals surface area contributed by atoms with E-state index in [9.17, 15) is 0 Å². The highest BCUT2D eigenvalue weighted by molar-refractivity contribution is 7.00. The molecule has 0 N–H and O–H groups in total. The lowest BCUT2D eigenvalue weighted by atomic mass is 10.2. The summed E-state index contributed by atoms with van der Waals surface area (Å²) in [4.78, 5) is 0. The van der Waals surface area contributed by atoms with Crippen LogP contribution in [0.15, 0.2) is 85.4 Å². The molecule has 27 heavy (non-hydrogen) atoms. The molecule has 0 aliphatic heterocycles. The van der Waals surface area contributed by atoms with Gasteiger partial charge in [-0.2, -0.15) is 0 Å². The minimum Gasteiger partial charge on any atom is -0.533 e. The van der Waals surface area contributed by atoms with Crippen molar-refractivity contribution >= 4 is 36.4 Å². The summed E-state index contributed by atoms with van der Waals surface area (Å²) in [5.41, 5.74) is 0.993. The number of benzene rings is 3. The van der Waals surface area contributed by atoms with Gasteiger partial charge in [0.1, 0.15) is 5.75 Å². The SMILES string of the molecule is C=Cc1ccc(Cl)c(O[Si](c2ccccc2)(c2ccccc2)C(C)(C)C)c1. The van der Waals surface area contributed by atoms with Gasteiger partial charge < -0.3 is 4.43 Å². The molecule has 0 saturated heterocycles. The average molecular weight is 393 g/mol. The smallest absolute Gasteiger partial charge is 0.320 e. The van der Waals surface area contributed by atoms with Crippen LogP contribution in [0, 0.1) is 0 Å². The number of rotatable bonds is 5. The summed E-state index contributed by atoms with van der Waals surface area (Å²) in [5, 5.41) is 2.96. The van der Waals surface area contributed by atoms with E-state index in [1.54, 1.807) is 0 Å². The van der Waals surface area contributed by atoms with E-state index in [0.29, 0.717) is 10.8 Å². The molecular weight excluding hydrogens is 368 g/mol. The van der Waals surface area contributed by atoms with Gasteiger partial charge >= 0.3 is 8.32 Å². The van der Waals surface area contributed by atoms with Gasteiger partial charge in [0, 0.05) is 0 Å². The van der Waals surface area contributed by atoms with Gasteiger partial charge in [0.2, 0.25) is 0 Å². The van der Waals surface area contributed by atoms with Crippen LogP contribution < -0.4 is 14.8 Å². The van der Waals surface area contributed by atoms with Crippen molar-refractivity contribution in [2.24, 2.45) is 0 Å². The van der Waals surface area contributed by atoms with Crippen LogP contribution in [0.1, 0.15) is 26.3 Å². The van der Waals surface area contributed by atoms with Crippen molar-refractivity contribution in [3.8, 4) is 5.75 Å². The molecule has 0 heterocycles. The lowest BCUT2D eigenvalue weighted by Gasteiger charge is -2.43. The molecule has 1 nitrogen and oxygen atoms in total. The van der Waals surface area contributed by atoms with E-state index in [-0.39, 0.29) is 5.04 Å². The molecule has 0 radical (unpaired) electrons. The van der Waals surface area contributed by atoms with E-state index in [2.05, 4.69) is 75.9 Å². The van der Waals surface area contributed by atoms with Crippen LogP contribution in [0.4, 0.5) is 0 Å². The molecule has 3 heteroatoms. The molecular formula is C24H25ClOSi. The Morgan fingerprint density at radius 2 is 1.37 bits per heavy atom. The fourth-order valence-electron chi connectivity index (χ4n) is 3.54. The summed E-state index contributed by atoms with van der Waals surface area (Å²) >= 11 is 6.55. The second kappa shape index (κ2) is 7.75. The topological polar surface area (TPSA) is 9.23 Å². The Morgan fingerprint density at radius 1 is 0.852 bits per heavy atom. The van der Waals surface area contributed by atoms with Gasteiger partial charge in [0.15, 0.2) is 0 Å². The number of hydrogen-bond acceptors (Lipinski definition) is 1. The maximum absolute atomic E-state index is 6.97. The summed E-state index contributed by atoms with van der Waals surface area (Å²) in [6.07, 6.45) is 1.81. The molecule has 3 rings (SSSR count). The van der Waals surface area contributed by atoms with Crippen LogP contribution in [-0.2, 0) is 0 Å². The molecule has 0 spiro atoms. The van der Waals surface area contributed by atoms with Gasteiger partial charge in [-0.3, -0.25) is 0 Å². The van der Waals surface area contributed by atoms with Gasteiger partial charge in [0.25, 0.3) is 0 Å². The number of hydrogen-bond donors (Lipinski definition) is 0. The van der Waals surface area contributed by atoms with Crippen molar-refractivity contribution in [2.75, 3.05) is 0 Å². The van der Waals surface area contributed by atoms with Gasteiger partial charge in [0.05, 0.1) is 5.02 Å². The molecule has 0 fully saturated rings. The van der Waals surface area contributed by atoms with Gasteiger partial charge in [-0.25, -0.2) is 0 Å². The molecule has 3 aromatic carbocycles. The molecule has 0 aliphatic rings. The van der Waals surface area contributed by atoms with Gasteiger partial charge in [-0.1, -0.05) is 112 Å². The van der Waals surface area contributed by atoms with Crippen LogP contribution in [0.25, 0.3) is 6.08 Å². The summed E-state index contributed by atoms with van der Waals surface area (Å²) in [6.45, 7) is 10.6. The molecule has 3 aromatic rings. The van der Waals surface area contributed by atoms with E-state index in [1.807, 2.05) is 36.4 Å². The minimum absolute atomic E-state index is 0.108. The van der Waals surface area contributed by atoms with E-state index in [1.165, 1.54) is 10.4 Å². The first-order valence-electron chi connectivity index (χ1n) is 9.10. The zero-order valence-corrected chi connectivity index (χ0v) is 17.8. The second-order valence-electron chi connectivity index (χ2n) is 7.66. The fourth-order valence-corrected chi connectivity index (χ4v) is 8.19. The molecule has 0 unspecified atom stereocenters. The minimum atomic E-state index is -2.68. The fraction of sp³-hybridized carbons (Fsp3) is 0.167. The third kappa shape index (κ3) is 3.73. The van der Waals surface area contributed by atoms with Crippen molar-refractivity contribution in [1.29, 1.82) is 0 Å². The summed E-state index contributed by atoms with van der Waals surface area (Å²) in [6, 6.07) is 26.9. The highest BCUT2D eigenvalue weighted by Gasteiger charge is 2.52. The second-order valence-corrected chi connectivity index (χ2v) is 12.3. The monoisotopic (exact) mass is 392 g/mol. The largest absolute Gasteiger partial charge is 0.533 e. The normalized spacial score (nSPS) is 11.9. The van der Waals surface area contributed by atoms with Crippen molar-refractivity contribution < 1.29 is 4.43 Å². The maximum atomic E-state index is 6.97. The van der Waals surface area contributed by atoms with E-state index < -0.39 is 8.32 Å². The summed E-state index contributed by atoms with van der Waals surface area (Å²) < 4.78 is 6.97. The van der Waals surface area contributed by atoms with Crippen LogP contribution in [-0.4, -0.2) is 8.32 Å². The lowest BCUT2D eigenvalue weighted by molar-refractivity contribution is 0.508. The third-order valence-corrected chi connectivity index (χ3v) is 10.1. The molecule has 0 aromatic heterocycles. The molecule has 0 aliphatic carbocycles. The van der Waals surface area contributed by atoms with Crippen molar-refractivity contribution in [3.05, 3.63) is 96.0 Å². The van der Waals surface area contributed by atoms with Crippen LogP contribution in [0.2, 0.25) is 10.1 Å². The Balaban J connectivity index is 2.29. The van der Waals surface area contributed by atoms with Crippen molar-refractivity contribution in [2.45, 2.75) is 25.8 Å². The van der Waals surface area contributed by atoms with E-state index >= 15 is 0 Å². The zero-order chi connectivity index (χ0) is 19.5. The average Bonchev–Trinajstić information content (AvgIpc) is 2.68. The predicted molar refractivity (Wildman–Crippen MR) is 120 cm³/mol. The lowest BCUT2D eigenvalue weighted by Crippen LogP contribution is -2.68. The summed E-state index contributed by atoms with van der Waals surface area (Å²) in [5.74, 6) is 0.711. The first kappa shape index (κ1) is 19.5. The standard InChI is InChI=1S/C24H25ClOSi/c1-5-19-16-17-22(25)23(18-19)26-27(24(2,3)4,20-12-8-6-9-13-20)21-14-10-7-11-15-21/h5-18H,1H2,2-4H3. The number of halogens is 1.